The summed E-state index contributed by atoms with van der Waals surface area (Å²) in [5.41, 5.74) is 0.869. The molecule has 2 unspecified atom stereocenters. The molecule has 3 nitrogen and oxygen atoms in total. The van der Waals surface area contributed by atoms with Crippen LogP contribution in [0.3, 0.4) is 0 Å². The van der Waals surface area contributed by atoms with Crippen molar-refractivity contribution in [2.45, 2.75) is 40.2 Å². The molecule has 0 fully saturated rings. The molecule has 2 atom stereocenters. The summed E-state index contributed by atoms with van der Waals surface area (Å²) in [7, 11) is 0. The number of aliphatic hydroxyl groups excluding tert-OH is 1. The number of fused-ring (bicyclic) bond motifs is 1. The van der Waals surface area contributed by atoms with Crippen molar-refractivity contribution in [1.29, 1.82) is 0 Å². The molecule has 112 valence electrons. The van der Waals surface area contributed by atoms with Gasteiger partial charge in [-0.2, -0.15) is 0 Å². The highest BCUT2D eigenvalue weighted by Gasteiger charge is 2.26. The molecule has 0 aromatic heterocycles. The van der Waals surface area contributed by atoms with Crippen LogP contribution < -0.4 is 9.47 Å². The Kier molecular flexibility index (Phi) is 4.50. The lowest BCUT2D eigenvalue weighted by Crippen LogP contribution is -2.20. The van der Waals surface area contributed by atoms with Crippen molar-refractivity contribution in [2.24, 2.45) is 11.3 Å². The first-order valence-electron chi connectivity index (χ1n) is 7.06. The summed E-state index contributed by atoms with van der Waals surface area (Å²) < 4.78 is 11.0. The van der Waals surface area contributed by atoms with Crippen LogP contribution >= 0.6 is 11.6 Å². The predicted molar refractivity (Wildman–Crippen MR) is 80.6 cm³/mol. The Bertz CT molecular complexity index is 479. The molecule has 0 radical (unpaired) electrons. The molecule has 0 aliphatic carbocycles. The summed E-state index contributed by atoms with van der Waals surface area (Å²) in [6, 6.07) is 3.53. The number of ether oxygens (including phenoxy) is 2. The Morgan fingerprint density at radius 2 is 1.75 bits per heavy atom. The molecule has 0 bridgehead atoms. The minimum absolute atomic E-state index is 0.154. The van der Waals surface area contributed by atoms with Crippen molar-refractivity contribution in [1.82, 2.24) is 0 Å². The predicted octanol–water partition coefficient (Wildman–Crippen LogP) is 4.22. The molecule has 4 heteroatoms. The first kappa shape index (κ1) is 15.5. The highest BCUT2D eigenvalue weighted by atomic mass is 35.5. The largest absolute Gasteiger partial charge is 0.486 e. The lowest BCUT2D eigenvalue weighted by atomic mass is 9.78. The van der Waals surface area contributed by atoms with Gasteiger partial charge in [-0.1, -0.05) is 39.3 Å². The van der Waals surface area contributed by atoms with Crippen molar-refractivity contribution in [2.75, 3.05) is 13.2 Å². The van der Waals surface area contributed by atoms with Crippen molar-refractivity contribution in [3.05, 3.63) is 22.7 Å². The Morgan fingerprint density at radius 1 is 1.20 bits per heavy atom. The molecule has 1 aliphatic rings. The second kappa shape index (κ2) is 5.82. The number of benzene rings is 1. The maximum atomic E-state index is 10.5. The lowest BCUT2D eigenvalue weighted by molar-refractivity contribution is 0.110. The molecule has 2 rings (SSSR count). The minimum atomic E-state index is -0.590. The Hall–Kier alpha value is -0.930. The van der Waals surface area contributed by atoms with E-state index in [1.807, 2.05) is 0 Å². The van der Waals surface area contributed by atoms with E-state index in [1.165, 1.54) is 0 Å². The highest BCUT2D eigenvalue weighted by molar-refractivity contribution is 6.31. The molecule has 0 spiro atoms. The molecule has 20 heavy (non-hydrogen) atoms. The van der Waals surface area contributed by atoms with Crippen molar-refractivity contribution < 1.29 is 14.6 Å². The summed E-state index contributed by atoms with van der Waals surface area (Å²) in [6.45, 7) is 9.74. The fourth-order valence-corrected chi connectivity index (χ4v) is 2.43. The van der Waals surface area contributed by atoms with Crippen LogP contribution in [0.25, 0.3) is 0 Å². The van der Waals surface area contributed by atoms with Crippen LogP contribution in [0.2, 0.25) is 5.02 Å². The standard InChI is InChI=1S/C16H23ClO3/c1-10(16(2,3)4)7-13(18)11-8-14-15(9-12(11)17)20-6-5-19-14/h8-10,13,18H,5-7H2,1-4H3. The molecular formula is C16H23ClO3. The lowest BCUT2D eigenvalue weighted by Gasteiger charge is -2.29. The quantitative estimate of drug-likeness (QED) is 0.908. The number of hydrogen-bond donors (Lipinski definition) is 1. The fourth-order valence-electron chi connectivity index (χ4n) is 2.15. The fraction of sp³-hybridized carbons (Fsp3) is 0.625. The number of rotatable bonds is 3. The van der Waals surface area contributed by atoms with Gasteiger partial charge in [0.1, 0.15) is 13.2 Å². The van der Waals surface area contributed by atoms with E-state index in [4.69, 9.17) is 21.1 Å². The van der Waals surface area contributed by atoms with Gasteiger partial charge in [0.05, 0.1) is 11.1 Å². The van der Waals surface area contributed by atoms with Gasteiger partial charge in [-0.3, -0.25) is 0 Å². The van der Waals surface area contributed by atoms with Crippen LogP contribution in [0, 0.1) is 11.3 Å². The number of hydrogen-bond acceptors (Lipinski definition) is 3. The maximum absolute atomic E-state index is 10.5. The highest BCUT2D eigenvalue weighted by Crippen LogP contribution is 2.40. The van der Waals surface area contributed by atoms with E-state index in [0.29, 0.717) is 47.6 Å². The second-order valence-corrected chi connectivity index (χ2v) is 6.94. The van der Waals surface area contributed by atoms with Crippen LogP contribution in [0.15, 0.2) is 12.1 Å². The molecule has 1 aromatic rings. The van der Waals surface area contributed by atoms with E-state index in [-0.39, 0.29) is 5.41 Å². The second-order valence-electron chi connectivity index (χ2n) is 6.54. The van der Waals surface area contributed by atoms with Crippen LogP contribution in [0.4, 0.5) is 0 Å². The van der Waals surface area contributed by atoms with Gasteiger partial charge in [0.15, 0.2) is 11.5 Å². The van der Waals surface area contributed by atoms with Gasteiger partial charge in [-0.05, 0) is 23.8 Å². The summed E-state index contributed by atoms with van der Waals surface area (Å²) >= 11 is 6.26. The Morgan fingerprint density at radius 3 is 2.30 bits per heavy atom. The first-order chi connectivity index (χ1) is 9.29. The summed E-state index contributed by atoms with van der Waals surface area (Å²) in [5.74, 6) is 1.70. The normalized spacial score (nSPS) is 17.7. The van der Waals surface area contributed by atoms with Crippen molar-refractivity contribution >= 4 is 11.6 Å². The third-order valence-corrected chi connectivity index (χ3v) is 4.40. The third kappa shape index (κ3) is 3.39. The third-order valence-electron chi connectivity index (χ3n) is 4.08. The molecule has 0 saturated heterocycles. The summed E-state index contributed by atoms with van der Waals surface area (Å²) in [4.78, 5) is 0. The molecule has 1 aromatic carbocycles. The van der Waals surface area contributed by atoms with Gasteiger partial charge in [-0.25, -0.2) is 0 Å². The number of halogens is 1. The zero-order chi connectivity index (χ0) is 14.9. The van der Waals surface area contributed by atoms with E-state index >= 15 is 0 Å². The van der Waals surface area contributed by atoms with E-state index in [0.717, 1.165) is 0 Å². The maximum Gasteiger partial charge on any atom is 0.162 e. The van der Waals surface area contributed by atoms with Gasteiger partial charge in [0.25, 0.3) is 0 Å². The van der Waals surface area contributed by atoms with Crippen LogP contribution in [-0.2, 0) is 0 Å². The van der Waals surface area contributed by atoms with E-state index in [1.54, 1.807) is 12.1 Å². The van der Waals surface area contributed by atoms with Crippen LogP contribution in [-0.4, -0.2) is 18.3 Å². The Labute approximate surface area is 125 Å². The van der Waals surface area contributed by atoms with Crippen molar-refractivity contribution in [3.63, 3.8) is 0 Å². The van der Waals surface area contributed by atoms with Crippen LogP contribution in [0.5, 0.6) is 11.5 Å². The van der Waals surface area contributed by atoms with Gasteiger partial charge in [0.2, 0.25) is 0 Å². The average molecular weight is 299 g/mol. The molecule has 1 N–H and O–H groups in total. The van der Waals surface area contributed by atoms with E-state index < -0.39 is 6.10 Å². The molecule has 0 amide bonds. The monoisotopic (exact) mass is 298 g/mol. The molecule has 0 saturated carbocycles. The van der Waals surface area contributed by atoms with Gasteiger partial charge in [0, 0.05) is 11.6 Å². The zero-order valence-corrected chi connectivity index (χ0v) is 13.3. The zero-order valence-electron chi connectivity index (χ0n) is 12.6. The van der Waals surface area contributed by atoms with E-state index in [9.17, 15) is 5.11 Å². The SMILES string of the molecule is CC(CC(O)c1cc2c(cc1Cl)OCCO2)C(C)(C)C. The summed E-state index contributed by atoms with van der Waals surface area (Å²) in [5, 5.41) is 11.0. The minimum Gasteiger partial charge on any atom is -0.486 e. The first-order valence-corrected chi connectivity index (χ1v) is 7.44. The molecular weight excluding hydrogens is 276 g/mol. The topological polar surface area (TPSA) is 38.7 Å². The molecule has 1 aliphatic heterocycles. The van der Waals surface area contributed by atoms with Gasteiger partial charge in [-0.15, -0.1) is 0 Å². The smallest absolute Gasteiger partial charge is 0.162 e. The summed E-state index contributed by atoms with van der Waals surface area (Å²) in [6.07, 6.45) is 0.0793. The van der Waals surface area contributed by atoms with Crippen LogP contribution in [0.1, 0.15) is 45.8 Å². The average Bonchev–Trinajstić information content (AvgIpc) is 2.36. The number of aliphatic hydroxyl groups is 1. The van der Waals surface area contributed by atoms with E-state index in [2.05, 4.69) is 27.7 Å². The van der Waals surface area contributed by atoms with Gasteiger partial charge < -0.3 is 14.6 Å². The van der Waals surface area contributed by atoms with Crippen molar-refractivity contribution in [3.8, 4) is 11.5 Å². The Balaban J connectivity index is 2.19. The molecule has 1 heterocycles. The van der Waals surface area contributed by atoms with Gasteiger partial charge >= 0.3 is 0 Å².